The number of amides is 2. The molecule has 0 bridgehead atoms. The number of urea groups is 1. The van der Waals surface area contributed by atoms with Crippen molar-refractivity contribution in [3.05, 3.63) is 77.9 Å². The monoisotopic (exact) mass is 380 g/mol. The van der Waals surface area contributed by atoms with Crippen LogP contribution >= 0.6 is 0 Å². The fourth-order valence-corrected chi connectivity index (χ4v) is 2.85. The van der Waals surface area contributed by atoms with Crippen LogP contribution in [0.3, 0.4) is 0 Å². The Kier molecular flexibility index (Phi) is 6.51. The number of nitrogens with zero attached hydrogens (tertiary/aromatic N) is 2. The quantitative estimate of drug-likeness (QED) is 0.630. The number of imidazole rings is 1. The lowest BCUT2D eigenvalue weighted by molar-refractivity contribution is 0.240. The minimum Gasteiger partial charge on any atom is -0.493 e. The van der Waals surface area contributed by atoms with Gasteiger partial charge in [-0.2, -0.15) is 0 Å². The molecule has 0 radical (unpaired) electrons. The second kappa shape index (κ2) is 9.45. The molecule has 28 heavy (non-hydrogen) atoms. The second-order valence-corrected chi connectivity index (χ2v) is 6.28. The molecule has 2 amide bonds. The third kappa shape index (κ3) is 5.26. The fourth-order valence-electron chi connectivity index (χ4n) is 2.85. The van der Waals surface area contributed by atoms with Crippen LogP contribution in [0.1, 0.15) is 16.7 Å². The molecule has 1 aromatic heterocycles. The summed E-state index contributed by atoms with van der Waals surface area (Å²) < 4.78 is 12.5. The molecular weight excluding hydrogens is 356 g/mol. The molecule has 0 saturated heterocycles. The van der Waals surface area contributed by atoms with Gasteiger partial charge in [0.15, 0.2) is 11.5 Å². The van der Waals surface area contributed by atoms with Gasteiger partial charge in [0.05, 0.1) is 20.5 Å². The Morgan fingerprint density at radius 2 is 1.68 bits per heavy atom. The average molecular weight is 380 g/mol. The predicted molar refractivity (Wildman–Crippen MR) is 106 cm³/mol. The summed E-state index contributed by atoms with van der Waals surface area (Å²) in [7, 11) is 3.18. The van der Waals surface area contributed by atoms with Crippen molar-refractivity contribution in [1.82, 2.24) is 20.2 Å². The lowest BCUT2D eigenvalue weighted by Gasteiger charge is -2.11. The maximum Gasteiger partial charge on any atom is 0.315 e. The van der Waals surface area contributed by atoms with Crippen LogP contribution < -0.4 is 20.1 Å². The molecule has 0 saturated carbocycles. The molecule has 7 nitrogen and oxygen atoms in total. The van der Waals surface area contributed by atoms with Gasteiger partial charge in [-0.3, -0.25) is 0 Å². The van der Waals surface area contributed by atoms with Crippen molar-refractivity contribution >= 4 is 6.03 Å². The highest BCUT2D eigenvalue weighted by atomic mass is 16.5. The van der Waals surface area contributed by atoms with E-state index < -0.39 is 0 Å². The van der Waals surface area contributed by atoms with Gasteiger partial charge in [-0.05, 0) is 28.8 Å². The molecule has 0 aliphatic heterocycles. The molecule has 0 fully saturated rings. The number of ether oxygens (including phenoxy) is 2. The number of carbonyl (C=O) groups excluding carboxylic acids is 1. The van der Waals surface area contributed by atoms with Crippen LogP contribution in [-0.4, -0.2) is 29.8 Å². The third-order valence-electron chi connectivity index (χ3n) is 4.27. The minimum atomic E-state index is -0.227. The summed E-state index contributed by atoms with van der Waals surface area (Å²) in [6.45, 7) is 1.60. The lowest BCUT2D eigenvalue weighted by atomic mass is 10.1. The molecule has 0 spiro atoms. The maximum absolute atomic E-state index is 12.1. The summed E-state index contributed by atoms with van der Waals surface area (Å²) in [4.78, 5) is 16.2. The Morgan fingerprint density at radius 1 is 0.964 bits per heavy atom. The predicted octanol–water partition coefficient (Wildman–Crippen LogP) is 2.95. The average Bonchev–Trinajstić information content (AvgIpc) is 3.23. The highest BCUT2D eigenvalue weighted by Crippen LogP contribution is 2.27. The van der Waals surface area contributed by atoms with Gasteiger partial charge in [0.2, 0.25) is 0 Å². The van der Waals surface area contributed by atoms with E-state index in [1.165, 1.54) is 0 Å². The van der Waals surface area contributed by atoms with E-state index in [0.717, 1.165) is 23.2 Å². The number of hydrogen-bond donors (Lipinski definition) is 2. The zero-order valence-electron chi connectivity index (χ0n) is 16.0. The molecule has 0 aliphatic rings. The first-order valence-corrected chi connectivity index (χ1v) is 8.94. The van der Waals surface area contributed by atoms with Crippen molar-refractivity contribution in [2.75, 3.05) is 14.2 Å². The first-order chi connectivity index (χ1) is 13.7. The van der Waals surface area contributed by atoms with Crippen molar-refractivity contribution in [2.24, 2.45) is 0 Å². The fraction of sp³-hybridized carbons (Fsp3) is 0.238. The Hall–Kier alpha value is -3.48. The van der Waals surface area contributed by atoms with E-state index in [9.17, 15) is 4.79 Å². The van der Waals surface area contributed by atoms with Crippen molar-refractivity contribution < 1.29 is 14.3 Å². The maximum atomic E-state index is 12.1. The lowest BCUT2D eigenvalue weighted by Crippen LogP contribution is -2.34. The highest BCUT2D eigenvalue weighted by molar-refractivity contribution is 5.73. The number of aromatic nitrogens is 2. The van der Waals surface area contributed by atoms with E-state index in [4.69, 9.17) is 9.47 Å². The van der Waals surface area contributed by atoms with Gasteiger partial charge >= 0.3 is 6.03 Å². The summed E-state index contributed by atoms with van der Waals surface area (Å²) >= 11 is 0. The van der Waals surface area contributed by atoms with E-state index in [-0.39, 0.29) is 6.03 Å². The number of benzene rings is 2. The molecule has 0 aliphatic carbocycles. The number of hydrogen-bond acceptors (Lipinski definition) is 4. The van der Waals surface area contributed by atoms with Crippen molar-refractivity contribution in [3.8, 4) is 11.5 Å². The topological polar surface area (TPSA) is 77.4 Å². The van der Waals surface area contributed by atoms with Crippen molar-refractivity contribution in [1.29, 1.82) is 0 Å². The van der Waals surface area contributed by atoms with Gasteiger partial charge in [0.1, 0.15) is 0 Å². The highest BCUT2D eigenvalue weighted by Gasteiger charge is 2.06. The first-order valence-electron chi connectivity index (χ1n) is 8.94. The molecule has 0 atom stereocenters. The molecule has 1 heterocycles. The minimum absolute atomic E-state index is 0.227. The SMILES string of the molecule is COc1ccc(CNC(=O)NCc2cccc(Cn3ccnc3)c2)cc1OC. The van der Waals surface area contributed by atoms with E-state index in [2.05, 4.69) is 27.8 Å². The summed E-state index contributed by atoms with van der Waals surface area (Å²) in [5.41, 5.74) is 3.12. The second-order valence-electron chi connectivity index (χ2n) is 6.28. The van der Waals surface area contributed by atoms with Crippen LogP contribution in [0.4, 0.5) is 4.79 Å². The summed E-state index contributed by atoms with van der Waals surface area (Å²) in [6.07, 6.45) is 5.47. The van der Waals surface area contributed by atoms with Crippen molar-refractivity contribution in [3.63, 3.8) is 0 Å². The number of carbonyl (C=O) groups is 1. The smallest absolute Gasteiger partial charge is 0.315 e. The zero-order valence-corrected chi connectivity index (χ0v) is 16.0. The summed E-state index contributed by atoms with van der Waals surface area (Å²) in [6, 6.07) is 13.4. The molecule has 0 unspecified atom stereocenters. The zero-order chi connectivity index (χ0) is 19.8. The van der Waals surface area contributed by atoms with Gasteiger partial charge in [-0.1, -0.05) is 30.3 Å². The Bertz CT molecular complexity index is 910. The van der Waals surface area contributed by atoms with Gasteiger partial charge in [-0.15, -0.1) is 0 Å². The Balaban J connectivity index is 1.49. The normalized spacial score (nSPS) is 10.4. The van der Waals surface area contributed by atoms with Crippen LogP contribution in [-0.2, 0) is 19.6 Å². The number of nitrogens with one attached hydrogen (secondary N) is 2. The molecule has 2 aromatic carbocycles. The summed E-state index contributed by atoms with van der Waals surface area (Å²) in [5, 5.41) is 5.73. The van der Waals surface area contributed by atoms with Crippen LogP contribution in [0.25, 0.3) is 0 Å². The largest absolute Gasteiger partial charge is 0.493 e. The van der Waals surface area contributed by atoms with Gasteiger partial charge in [0, 0.05) is 32.0 Å². The Labute approximate surface area is 164 Å². The van der Waals surface area contributed by atoms with Gasteiger partial charge < -0.3 is 24.7 Å². The molecule has 7 heteroatoms. The van der Waals surface area contributed by atoms with E-state index in [0.29, 0.717) is 24.6 Å². The number of methoxy groups -OCH3 is 2. The molecule has 3 aromatic rings. The molecule has 3 rings (SSSR count). The van der Waals surface area contributed by atoms with E-state index >= 15 is 0 Å². The van der Waals surface area contributed by atoms with Crippen LogP contribution in [0.5, 0.6) is 11.5 Å². The van der Waals surface area contributed by atoms with Gasteiger partial charge in [0.25, 0.3) is 0 Å². The van der Waals surface area contributed by atoms with Crippen LogP contribution in [0.15, 0.2) is 61.2 Å². The van der Waals surface area contributed by atoms with Crippen LogP contribution in [0.2, 0.25) is 0 Å². The molecule has 2 N–H and O–H groups in total. The van der Waals surface area contributed by atoms with E-state index in [1.807, 2.05) is 41.1 Å². The standard InChI is InChI=1S/C21H24N4O3/c1-27-19-7-6-17(11-20(19)28-2)13-24-21(26)23-12-16-4-3-5-18(10-16)14-25-9-8-22-15-25/h3-11,15H,12-14H2,1-2H3,(H2,23,24,26). The number of rotatable bonds is 8. The molecule has 146 valence electrons. The molecular formula is C21H24N4O3. The van der Waals surface area contributed by atoms with Crippen LogP contribution in [0, 0.1) is 0 Å². The Morgan fingerprint density at radius 3 is 2.36 bits per heavy atom. The van der Waals surface area contributed by atoms with Gasteiger partial charge in [-0.25, -0.2) is 9.78 Å². The van der Waals surface area contributed by atoms with E-state index in [1.54, 1.807) is 26.7 Å². The third-order valence-corrected chi connectivity index (χ3v) is 4.27. The van der Waals surface area contributed by atoms with Crippen molar-refractivity contribution in [2.45, 2.75) is 19.6 Å². The summed E-state index contributed by atoms with van der Waals surface area (Å²) in [5.74, 6) is 1.29. The first kappa shape index (κ1) is 19.3.